The maximum atomic E-state index is 12.8. The van der Waals surface area contributed by atoms with Crippen LogP contribution in [0.15, 0.2) is 56.6 Å². The molecular weight excluding hydrogens is 459 g/mol. The molecule has 0 aromatic heterocycles. The van der Waals surface area contributed by atoms with Crippen molar-refractivity contribution in [3.05, 3.63) is 56.6 Å². The number of carbonyl (C=O) groups is 3. The maximum absolute atomic E-state index is 12.8. The van der Waals surface area contributed by atoms with Gasteiger partial charge in [0.1, 0.15) is 12.0 Å². The van der Waals surface area contributed by atoms with Crippen molar-refractivity contribution in [3.8, 4) is 0 Å². The molecule has 2 atom stereocenters. The lowest BCUT2D eigenvalue weighted by Crippen LogP contribution is -2.51. The molecule has 6 heteroatoms. The molecule has 1 heterocycles. The van der Waals surface area contributed by atoms with Gasteiger partial charge >= 0.3 is 5.97 Å². The van der Waals surface area contributed by atoms with E-state index in [-0.39, 0.29) is 5.57 Å². The van der Waals surface area contributed by atoms with E-state index in [0.29, 0.717) is 20.8 Å². The number of carbonyl (C=O) groups excluding carboxylic acids is 3. The summed E-state index contributed by atoms with van der Waals surface area (Å²) in [5, 5.41) is 0. The zero-order chi connectivity index (χ0) is 20.4. The smallest absolute Gasteiger partial charge is 0.304 e. The van der Waals surface area contributed by atoms with Crippen LogP contribution < -0.4 is 0 Å². The first-order valence-electron chi connectivity index (χ1n) is 8.74. The number of hydrogen-bond acceptors (Lipinski definition) is 5. The van der Waals surface area contributed by atoms with E-state index in [4.69, 9.17) is 9.47 Å². The van der Waals surface area contributed by atoms with Crippen LogP contribution >= 0.6 is 22.6 Å². The van der Waals surface area contributed by atoms with Crippen LogP contribution in [0.5, 0.6) is 0 Å². The highest BCUT2D eigenvalue weighted by Gasteiger charge is 2.52. The fourth-order valence-corrected chi connectivity index (χ4v) is 3.76. The molecular formula is C21H23IO5. The zero-order valence-corrected chi connectivity index (χ0v) is 18.2. The Morgan fingerprint density at radius 1 is 1.33 bits per heavy atom. The van der Waals surface area contributed by atoms with Crippen molar-refractivity contribution in [1.82, 2.24) is 0 Å². The van der Waals surface area contributed by atoms with Crippen molar-refractivity contribution in [2.45, 2.75) is 46.6 Å². The number of rotatable bonds is 5. The second-order valence-electron chi connectivity index (χ2n) is 6.84. The van der Waals surface area contributed by atoms with Crippen LogP contribution in [0.25, 0.3) is 0 Å². The lowest BCUT2D eigenvalue weighted by Gasteiger charge is -2.32. The maximum Gasteiger partial charge on any atom is 0.304 e. The molecule has 0 amide bonds. The van der Waals surface area contributed by atoms with Crippen LogP contribution in [-0.2, 0) is 23.9 Å². The van der Waals surface area contributed by atoms with E-state index in [9.17, 15) is 14.4 Å². The molecule has 2 rings (SSSR count). The molecule has 27 heavy (non-hydrogen) atoms. The normalized spacial score (nSPS) is 24.3. The summed E-state index contributed by atoms with van der Waals surface area (Å²) in [7, 11) is 0. The minimum Gasteiger partial charge on any atom is -0.464 e. The van der Waals surface area contributed by atoms with E-state index in [1.54, 1.807) is 12.2 Å². The molecule has 0 bridgehead atoms. The van der Waals surface area contributed by atoms with Crippen LogP contribution in [0, 0.1) is 5.92 Å². The van der Waals surface area contributed by atoms with Crippen molar-refractivity contribution < 1.29 is 23.9 Å². The van der Waals surface area contributed by atoms with Crippen molar-refractivity contribution in [1.29, 1.82) is 0 Å². The van der Waals surface area contributed by atoms with Gasteiger partial charge in [-0.05, 0) is 54.5 Å². The third kappa shape index (κ3) is 4.48. The van der Waals surface area contributed by atoms with Gasteiger partial charge in [0, 0.05) is 12.5 Å². The highest BCUT2D eigenvalue weighted by Crippen LogP contribution is 2.39. The molecule has 0 N–H and O–H groups in total. The van der Waals surface area contributed by atoms with Gasteiger partial charge in [0.25, 0.3) is 0 Å². The van der Waals surface area contributed by atoms with E-state index < -0.39 is 23.1 Å². The minimum absolute atomic E-state index is 0.228. The SMILES string of the molecule is CC[C@H](C)/C=C(C)/C=C/C1=CC2=C(I)C(=O)[C@](C)(OC(C)=O)C(=O)C2=CO1. The van der Waals surface area contributed by atoms with Gasteiger partial charge in [0.15, 0.2) is 0 Å². The standard InChI is InChI=1S/C21H23IO5/c1-6-12(2)9-13(3)7-8-15-10-16-17(11-26-15)19(24)21(5,27-14(4)23)20(25)18(16)22/h7-12H,6H2,1-5H3/b8-7+,13-9+/t12-,21+/m0/s1. The number of ketones is 2. The lowest BCUT2D eigenvalue weighted by molar-refractivity contribution is -0.167. The van der Waals surface area contributed by atoms with Gasteiger partial charge in [-0.15, -0.1) is 0 Å². The van der Waals surface area contributed by atoms with E-state index in [1.165, 1.54) is 20.1 Å². The number of ether oxygens (including phenoxy) is 2. The van der Waals surface area contributed by atoms with Crippen LogP contribution in [0.1, 0.15) is 41.0 Å². The Bertz CT molecular complexity index is 841. The van der Waals surface area contributed by atoms with E-state index >= 15 is 0 Å². The Morgan fingerprint density at radius 3 is 2.59 bits per heavy atom. The summed E-state index contributed by atoms with van der Waals surface area (Å²) in [5.74, 6) is -0.781. The summed E-state index contributed by atoms with van der Waals surface area (Å²) in [4.78, 5) is 36.8. The molecule has 0 unspecified atom stereocenters. The van der Waals surface area contributed by atoms with Gasteiger partial charge in [0.05, 0.1) is 9.15 Å². The average Bonchev–Trinajstić information content (AvgIpc) is 2.62. The van der Waals surface area contributed by atoms with Gasteiger partial charge in [-0.3, -0.25) is 14.4 Å². The van der Waals surface area contributed by atoms with Gasteiger partial charge in [-0.25, -0.2) is 0 Å². The molecule has 0 saturated heterocycles. The molecule has 1 aliphatic carbocycles. The predicted octanol–water partition coefficient (Wildman–Crippen LogP) is 4.50. The van der Waals surface area contributed by atoms with E-state index in [0.717, 1.165) is 12.0 Å². The highest BCUT2D eigenvalue weighted by atomic mass is 127. The van der Waals surface area contributed by atoms with Crippen molar-refractivity contribution in [2.75, 3.05) is 0 Å². The summed E-state index contributed by atoms with van der Waals surface area (Å²) in [6, 6.07) is 0. The average molecular weight is 482 g/mol. The summed E-state index contributed by atoms with van der Waals surface area (Å²) in [5.41, 5.74) is -0.0281. The van der Waals surface area contributed by atoms with Gasteiger partial charge < -0.3 is 9.47 Å². The van der Waals surface area contributed by atoms with Crippen molar-refractivity contribution >= 4 is 40.1 Å². The number of esters is 1. The number of allylic oxidation sites excluding steroid dienone is 6. The number of fused-ring (bicyclic) bond motifs is 1. The molecule has 144 valence electrons. The Labute approximate surface area is 173 Å². The van der Waals surface area contributed by atoms with Crippen LogP contribution in [0.2, 0.25) is 0 Å². The fraction of sp³-hybridized carbons (Fsp3) is 0.381. The lowest BCUT2D eigenvalue weighted by atomic mass is 9.80. The van der Waals surface area contributed by atoms with Crippen molar-refractivity contribution in [2.24, 2.45) is 5.92 Å². The van der Waals surface area contributed by atoms with Gasteiger partial charge in [-0.2, -0.15) is 0 Å². The molecule has 0 fully saturated rings. The zero-order valence-electron chi connectivity index (χ0n) is 16.1. The first kappa shape index (κ1) is 21.3. The minimum atomic E-state index is -1.85. The molecule has 0 spiro atoms. The van der Waals surface area contributed by atoms with Crippen molar-refractivity contribution in [3.63, 3.8) is 0 Å². The molecule has 0 radical (unpaired) electrons. The second kappa shape index (κ2) is 8.37. The third-order valence-corrected chi connectivity index (χ3v) is 5.56. The van der Waals surface area contributed by atoms with E-state index in [2.05, 4.69) is 19.9 Å². The number of hydrogen-bond donors (Lipinski definition) is 0. The molecule has 0 aromatic carbocycles. The Morgan fingerprint density at radius 2 is 2.00 bits per heavy atom. The molecule has 5 nitrogen and oxygen atoms in total. The van der Waals surface area contributed by atoms with Crippen LogP contribution in [0.4, 0.5) is 0 Å². The second-order valence-corrected chi connectivity index (χ2v) is 7.92. The van der Waals surface area contributed by atoms with Crippen LogP contribution in [-0.4, -0.2) is 23.1 Å². The largest absolute Gasteiger partial charge is 0.464 e. The Balaban J connectivity index is 2.36. The topological polar surface area (TPSA) is 69.7 Å². The van der Waals surface area contributed by atoms with Gasteiger partial charge in [0.2, 0.25) is 17.2 Å². The molecule has 1 aliphatic heterocycles. The Hall–Kier alpha value is -1.96. The first-order chi connectivity index (χ1) is 12.6. The summed E-state index contributed by atoms with van der Waals surface area (Å²) in [6.07, 6.45) is 9.94. The molecule has 2 aliphatic rings. The van der Waals surface area contributed by atoms with Gasteiger partial charge in [-0.1, -0.05) is 38.0 Å². The molecule has 0 aromatic rings. The monoisotopic (exact) mass is 482 g/mol. The van der Waals surface area contributed by atoms with E-state index in [1.807, 2.05) is 35.6 Å². The summed E-state index contributed by atoms with van der Waals surface area (Å²) >= 11 is 1.88. The number of Topliss-reactive ketones (excluding diaryl/α,β-unsaturated/α-hetero) is 2. The first-order valence-corrected chi connectivity index (χ1v) is 9.82. The number of halogens is 1. The summed E-state index contributed by atoms with van der Waals surface area (Å²) < 4.78 is 11.0. The highest BCUT2D eigenvalue weighted by molar-refractivity contribution is 14.1. The predicted molar refractivity (Wildman–Crippen MR) is 111 cm³/mol. The molecule has 0 saturated carbocycles. The Kier molecular flexibility index (Phi) is 6.62. The fourth-order valence-electron chi connectivity index (χ4n) is 2.80. The van der Waals surface area contributed by atoms with Crippen LogP contribution in [0.3, 0.4) is 0 Å². The quantitative estimate of drug-likeness (QED) is 0.250. The summed E-state index contributed by atoms with van der Waals surface area (Å²) in [6.45, 7) is 8.77. The third-order valence-electron chi connectivity index (χ3n) is 4.49.